The predicted octanol–water partition coefficient (Wildman–Crippen LogP) is 2.91. The lowest BCUT2D eigenvalue weighted by Crippen LogP contribution is -2.42. The fourth-order valence-electron chi connectivity index (χ4n) is 2.22. The summed E-state index contributed by atoms with van der Waals surface area (Å²) >= 11 is 0. The van der Waals surface area contributed by atoms with Gasteiger partial charge in [0.05, 0.1) is 12.3 Å². The first kappa shape index (κ1) is 17.8. The smallest absolute Gasteiger partial charge is 0.391 e. The maximum atomic E-state index is 12.5. The van der Waals surface area contributed by atoms with E-state index in [1.54, 1.807) is 20.8 Å². The van der Waals surface area contributed by atoms with Crippen molar-refractivity contribution in [3.63, 3.8) is 0 Å². The van der Waals surface area contributed by atoms with E-state index in [9.17, 15) is 22.8 Å². The summed E-state index contributed by atoms with van der Waals surface area (Å²) in [6, 6.07) is 0. The number of piperidine rings is 1. The van der Waals surface area contributed by atoms with Gasteiger partial charge < -0.3 is 9.64 Å². The molecule has 0 aliphatic carbocycles. The van der Waals surface area contributed by atoms with Gasteiger partial charge in [0, 0.05) is 19.5 Å². The quantitative estimate of drug-likeness (QED) is 0.753. The summed E-state index contributed by atoms with van der Waals surface area (Å²) in [4.78, 5) is 24.7. The van der Waals surface area contributed by atoms with Crippen molar-refractivity contribution in [3.05, 3.63) is 0 Å². The maximum absolute atomic E-state index is 12.5. The number of hydrogen-bond donors (Lipinski definition) is 0. The Bertz CT molecular complexity index is 380. The molecule has 4 nitrogen and oxygen atoms in total. The highest BCUT2D eigenvalue weighted by atomic mass is 19.4. The van der Waals surface area contributed by atoms with Gasteiger partial charge in [-0.15, -0.1) is 0 Å². The Labute approximate surface area is 122 Å². The van der Waals surface area contributed by atoms with E-state index in [1.165, 1.54) is 4.90 Å². The highest BCUT2D eigenvalue weighted by Crippen LogP contribution is 2.34. The lowest BCUT2D eigenvalue weighted by Gasteiger charge is -2.33. The van der Waals surface area contributed by atoms with E-state index >= 15 is 0 Å². The Morgan fingerprint density at radius 3 is 2.05 bits per heavy atom. The van der Waals surface area contributed by atoms with Crippen molar-refractivity contribution in [3.8, 4) is 0 Å². The van der Waals surface area contributed by atoms with Gasteiger partial charge in [0.2, 0.25) is 5.91 Å². The number of carbonyl (C=O) groups is 2. The van der Waals surface area contributed by atoms with E-state index in [-0.39, 0.29) is 44.7 Å². The summed E-state index contributed by atoms with van der Waals surface area (Å²) in [5, 5.41) is 0. The fourth-order valence-corrected chi connectivity index (χ4v) is 2.22. The molecule has 0 saturated carbocycles. The molecule has 1 aliphatic rings. The van der Waals surface area contributed by atoms with Crippen LogP contribution >= 0.6 is 0 Å². The van der Waals surface area contributed by atoms with Gasteiger partial charge in [0.15, 0.2) is 0 Å². The van der Waals surface area contributed by atoms with Gasteiger partial charge in [0.1, 0.15) is 5.60 Å². The molecule has 1 rings (SSSR count). The molecule has 0 unspecified atom stereocenters. The van der Waals surface area contributed by atoms with Crippen LogP contribution in [0.4, 0.5) is 13.2 Å². The number of halogens is 3. The third-order valence-electron chi connectivity index (χ3n) is 3.27. The summed E-state index contributed by atoms with van der Waals surface area (Å²) in [5.41, 5.74) is -0.606. The first-order valence-corrected chi connectivity index (χ1v) is 7.05. The minimum absolute atomic E-state index is 0.0222. The number of alkyl halides is 3. The van der Waals surface area contributed by atoms with Gasteiger partial charge >= 0.3 is 12.1 Å². The fraction of sp³-hybridized carbons (Fsp3) is 0.857. The molecule has 0 aromatic carbocycles. The van der Waals surface area contributed by atoms with E-state index in [4.69, 9.17) is 4.74 Å². The van der Waals surface area contributed by atoms with Crippen LogP contribution in [0.25, 0.3) is 0 Å². The van der Waals surface area contributed by atoms with Crippen LogP contribution in [0.3, 0.4) is 0 Å². The van der Waals surface area contributed by atoms with Crippen LogP contribution in [-0.4, -0.2) is 41.6 Å². The first-order chi connectivity index (χ1) is 9.49. The number of rotatable bonds is 3. The maximum Gasteiger partial charge on any atom is 0.391 e. The van der Waals surface area contributed by atoms with Gasteiger partial charge in [-0.3, -0.25) is 9.59 Å². The van der Waals surface area contributed by atoms with Crippen LogP contribution < -0.4 is 0 Å². The van der Waals surface area contributed by atoms with Gasteiger partial charge in [0.25, 0.3) is 0 Å². The second-order valence-electron chi connectivity index (χ2n) is 6.28. The van der Waals surface area contributed by atoms with Crippen molar-refractivity contribution in [1.29, 1.82) is 0 Å². The highest BCUT2D eigenvalue weighted by molar-refractivity contribution is 5.81. The topological polar surface area (TPSA) is 46.6 Å². The number of hydrogen-bond acceptors (Lipinski definition) is 3. The van der Waals surface area contributed by atoms with Gasteiger partial charge in [-0.2, -0.15) is 13.2 Å². The minimum Gasteiger partial charge on any atom is -0.460 e. The second-order valence-corrected chi connectivity index (χ2v) is 6.28. The first-order valence-electron chi connectivity index (χ1n) is 7.05. The average molecular weight is 309 g/mol. The number of carbonyl (C=O) groups excluding carboxylic acids is 2. The number of nitrogens with zero attached hydrogens (tertiary/aromatic N) is 1. The van der Waals surface area contributed by atoms with Crippen LogP contribution in [0, 0.1) is 5.92 Å². The summed E-state index contributed by atoms with van der Waals surface area (Å²) in [7, 11) is 0. The zero-order valence-corrected chi connectivity index (χ0v) is 12.6. The van der Waals surface area contributed by atoms with E-state index < -0.39 is 23.7 Å². The molecule has 0 aromatic heterocycles. The lowest BCUT2D eigenvalue weighted by molar-refractivity contribution is -0.186. The number of likely N-dealkylation sites (tertiary alicyclic amines) is 1. The molecule has 21 heavy (non-hydrogen) atoms. The van der Waals surface area contributed by atoms with Crippen LogP contribution in [-0.2, 0) is 14.3 Å². The number of esters is 1. The Kier molecular flexibility index (Phi) is 5.64. The molecule has 1 aliphatic heterocycles. The zero-order valence-electron chi connectivity index (χ0n) is 12.6. The molecule has 122 valence electrons. The molecule has 0 bridgehead atoms. The molecule has 1 heterocycles. The monoisotopic (exact) mass is 309 g/mol. The Morgan fingerprint density at radius 1 is 1.10 bits per heavy atom. The van der Waals surface area contributed by atoms with Gasteiger partial charge in [-0.1, -0.05) is 0 Å². The van der Waals surface area contributed by atoms with Crippen molar-refractivity contribution < 1.29 is 27.5 Å². The lowest BCUT2D eigenvalue weighted by atomic mass is 9.96. The average Bonchev–Trinajstić information content (AvgIpc) is 2.33. The molecule has 1 amide bonds. The minimum atomic E-state index is -4.19. The SMILES string of the molecule is CC(C)(C)OC(=O)CCC(=O)N1CCC(C(F)(F)F)CC1. The normalized spacial score (nSPS) is 17.7. The zero-order chi connectivity index (χ0) is 16.3. The van der Waals surface area contributed by atoms with E-state index in [2.05, 4.69) is 0 Å². The van der Waals surface area contributed by atoms with Crippen molar-refractivity contribution in [1.82, 2.24) is 4.90 Å². The third-order valence-corrected chi connectivity index (χ3v) is 3.27. The van der Waals surface area contributed by atoms with Crippen LogP contribution in [0.1, 0.15) is 46.5 Å². The largest absolute Gasteiger partial charge is 0.460 e. The Balaban J connectivity index is 2.33. The molecule has 1 saturated heterocycles. The molecule has 7 heteroatoms. The summed E-state index contributed by atoms with van der Waals surface area (Å²) in [6.07, 6.45) is -4.39. The molecule has 0 aromatic rings. The molecular formula is C14H22F3NO3. The van der Waals surface area contributed by atoms with Crippen LogP contribution in [0.15, 0.2) is 0 Å². The second kappa shape index (κ2) is 6.66. The van der Waals surface area contributed by atoms with Crippen molar-refractivity contribution in [2.45, 2.75) is 58.2 Å². The number of ether oxygens (including phenoxy) is 1. The third kappa shape index (κ3) is 6.35. The molecule has 0 radical (unpaired) electrons. The van der Waals surface area contributed by atoms with Gasteiger partial charge in [-0.25, -0.2) is 0 Å². The predicted molar refractivity (Wildman–Crippen MR) is 70.4 cm³/mol. The summed E-state index contributed by atoms with van der Waals surface area (Å²) in [6.45, 7) is 5.38. The summed E-state index contributed by atoms with van der Waals surface area (Å²) in [5.74, 6) is -2.09. The van der Waals surface area contributed by atoms with E-state index in [1.807, 2.05) is 0 Å². The molecule has 0 spiro atoms. The highest BCUT2D eigenvalue weighted by Gasteiger charge is 2.41. The molecular weight excluding hydrogens is 287 g/mol. The van der Waals surface area contributed by atoms with Gasteiger partial charge in [-0.05, 0) is 33.6 Å². The van der Waals surface area contributed by atoms with E-state index in [0.717, 1.165) is 0 Å². The van der Waals surface area contributed by atoms with Crippen molar-refractivity contribution >= 4 is 11.9 Å². The molecule has 0 N–H and O–H groups in total. The standard InChI is InChI=1S/C14H22F3NO3/c1-13(2,3)21-12(20)5-4-11(19)18-8-6-10(7-9-18)14(15,16)17/h10H,4-9H2,1-3H3. The summed E-state index contributed by atoms with van der Waals surface area (Å²) < 4.78 is 42.6. The van der Waals surface area contributed by atoms with Crippen LogP contribution in [0.2, 0.25) is 0 Å². The van der Waals surface area contributed by atoms with E-state index in [0.29, 0.717) is 0 Å². The molecule has 0 atom stereocenters. The Morgan fingerprint density at radius 2 is 1.62 bits per heavy atom. The van der Waals surface area contributed by atoms with Crippen LogP contribution in [0.5, 0.6) is 0 Å². The number of amides is 1. The van der Waals surface area contributed by atoms with Crippen molar-refractivity contribution in [2.24, 2.45) is 5.92 Å². The Hall–Kier alpha value is -1.27. The molecule has 1 fully saturated rings. The van der Waals surface area contributed by atoms with Crippen molar-refractivity contribution in [2.75, 3.05) is 13.1 Å².